The molecule has 0 atom stereocenters. The van der Waals surface area contributed by atoms with Crippen LogP contribution in [0.4, 0.5) is 5.69 Å². The molecule has 0 aliphatic carbocycles. The standard InChI is InChI=1S/C15H13ClN2O2S/c1-11-4-3-5-13(8-11)18(2)21(19,20)15-9-12(10-17)6-7-14(15)16/h3-9H,1-2H3. The number of aryl methyl sites for hydroxylation is 1. The maximum absolute atomic E-state index is 12.7. The summed E-state index contributed by atoms with van der Waals surface area (Å²) < 4.78 is 26.5. The van der Waals surface area contributed by atoms with Gasteiger partial charge >= 0.3 is 0 Å². The van der Waals surface area contributed by atoms with Gasteiger partial charge in [0.15, 0.2) is 0 Å². The van der Waals surface area contributed by atoms with Gasteiger partial charge in [0.1, 0.15) is 4.90 Å². The Labute approximate surface area is 129 Å². The van der Waals surface area contributed by atoms with E-state index in [0.29, 0.717) is 5.69 Å². The fourth-order valence-corrected chi connectivity index (χ4v) is 3.57. The zero-order valence-corrected chi connectivity index (χ0v) is 13.1. The molecule has 2 aromatic rings. The van der Waals surface area contributed by atoms with E-state index in [1.54, 1.807) is 18.2 Å². The van der Waals surface area contributed by atoms with Gasteiger partial charge < -0.3 is 0 Å². The van der Waals surface area contributed by atoms with Gasteiger partial charge in [-0.3, -0.25) is 4.31 Å². The predicted octanol–water partition coefficient (Wildman–Crippen LogP) is 3.35. The molecular weight excluding hydrogens is 308 g/mol. The summed E-state index contributed by atoms with van der Waals surface area (Å²) >= 11 is 5.99. The first-order chi connectivity index (χ1) is 9.86. The summed E-state index contributed by atoms with van der Waals surface area (Å²) in [5, 5.41) is 9.00. The summed E-state index contributed by atoms with van der Waals surface area (Å²) in [7, 11) is -2.36. The number of nitrogens with zero attached hydrogens (tertiary/aromatic N) is 2. The van der Waals surface area contributed by atoms with Gasteiger partial charge in [0.2, 0.25) is 0 Å². The van der Waals surface area contributed by atoms with Crippen molar-refractivity contribution in [3.05, 3.63) is 58.6 Å². The molecule has 108 valence electrons. The Bertz CT molecular complexity index is 826. The number of hydrogen-bond donors (Lipinski definition) is 0. The third-order valence-corrected chi connectivity index (χ3v) is 5.33. The quantitative estimate of drug-likeness (QED) is 0.871. The van der Waals surface area contributed by atoms with E-state index < -0.39 is 10.0 Å². The number of rotatable bonds is 3. The Morgan fingerprint density at radius 3 is 2.52 bits per heavy atom. The second-order valence-electron chi connectivity index (χ2n) is 4.57. The van der Waals surface area contributed by atoms with Gasteiger partial charge in [0, 0.05) is 7.05 Å². The zero-order valence-electron chi connectivity index (χ0n) is 11.5. The molecule has 2 rings (SSSR count). The Morgan fingerprint density at radius 2 is 1.90 bits per heavy atom. The highest BCUT2D eigenvalue weighted by Crippen LogP contribution is 2.28. The third kappa shape index (κ3) is 3.02. The van der Waals surface area contributed by atoms with Crippen LogP contribution in [-0.2, 0) is 10.0 Å². The molecule has 0 N–H and O–H groups in total. The Balaban J connectivity index is 2.54. The van der Waals surface area contributed by atoms with E-state index in [2.05, 4.69) is 0 Å². The van der Waals surface area contributed by atoms with Crippen molar-refractivity contribution in [1.29, 1.82) is 5.26 Å². The molecule has 0 aliphatic heterocycles. The molecule has 0 saturated heterocycles. The smallest absolute Gasteiger partial charge is 0.265 e. The Morgan fingerprint density at radius 1 is 1.19 bits per heavy atom. The molecule has 4 nitrogen and oxygen atoms in total. The molecule has 0 aliphatic rings. The van der Waals surface area contributed by atoms with Crippen molar-refractivity contribution < 1.29 is 8.42 Å². The van der Waals surface area contributed by atoms with Crippen LogP contribution < -0.4 is 4.31 Å². The highest BCUT2D eigenvalue weighted by Gasteiger charge is 2.24. The summed E-state index contributed by atoms with van der Waals surface area (Å²) in [5.41, 5.74) is 1.73. The van der Waals surface area contributed by atoms with Crippen molar-refractivity contribution in [1.82, 2.24) is 0 Å². The maximum Gasteiger partial charge on any atom is 0.265 e. The first kappa shape index (κ1) is 15.4. The van der Waals surface area contributed by atoms with Gasteiger partial charge in [-0.05, 0) is 42.8 Å². The van der Waals surface area contributed by atoms with Gasteiger partial charge in [-0.2, -0.15) is 5.26 Å². The molecule has 0 bridgehead atoms. The first-order valence-corrected chi connectivity index (χ1v) is 7.93. The summed E-state index contributed by atoms with van der Waals surface area (Å²) in [6.07, 6.45) is 0. The summed E-state index contributed by atoms with van der Waals surface area (Å²) in [5.74, 6) is 0. The lowest BCUT2D eigenvalue weighted by Gasteiger charge is -2.20. The van der Waals surface area contributed by atoms with Gasteiger partial charge in [-0.15, -0.1) is 0 Å². The molecule has 0 radical (unpaired) electrons. The van der Waals surface area contributed by atoms with Crippen LogP contribution in [0.1, 0.15) is 11.1 Å². The molecule has 0 spiro atoms. The van der Waals surface area contributed by atoms with Crippen LogP contribution >= 0.6 is 11.6 Å². The van der Waals surface area contributed by atoms with Crippen LogP contribution in [0, 0.1) is 18.3 Å². The maximum atomic E-state index is 12.7. The van der Waals surface area contributed by atoms with Crippen molar-refractivity contribution in [3.8, 4) is 6.07 Å². The minimum atomic E-state index is -3.82. The normalized spacial score (nSPS) is 11.0. The first-order valence-electron chi connectivity index (χ1n) is 6.11. The Hall–Kier alpha value is -2.03. The fourth-order valence-electron chi connectivity index (χ4n) is 1.88. The van der Waals surface area contributed by atoms with Gasteiger partial charge in [-0.25, -0.2) is 8.42 Å². The highest BCUT2D eigenvalue weighted by molar-refractivity contribution is 7.93. The number of hydrogen-bond acceptors (Lipinski definition) is 3. The van der Waals surface area contributed by atoms with Crippen molar-refractivity contribution in [2.24, 2.45) is 0 Å². The van der Waals surface area contributed by atoms with Crippen LogP contribution in [0.5, 0.6) is 0 Å². The van der Waals surface area contributed by atoms with Crippen molar-refractivity contribution in [2.75, 3.05) is 11.4 Å². The fraction of sp³-hybridized carbons (Fsp3) is 0.133. The van der Waals surface area contributed by atoms with E-state index in [9.17, 15) is 8.42 Å². The van der Waals surface area contributed by atoms with E-state index in [0.717, 1.165) is 9.87 Å². The van der Waals surface area contributed by atoms with Gasteiger partial charge in [-0.1, -0.05) is 23.7 Å². The zero-order chi connectivity index (χ0) is 15.6. The summed E-state index contributed by atoms with van der Waals surface area (Å²) in [6.45, 7) is 1.88. The lowest BCUT2D eigenvalue weighted by molar-refractivity contribution is 0.594. The van der Waals surface area contributed by atoms with Gasteiger partial charge in [0.25, 0.3) is 10.0 Å². The Kier molecular flexibility index (Phi) is 4.21. The molecule has 0 saturated carbocycles. The van der Waals surface area contributed by atoms with E-state index in [1.807, 2.05) is 19.1 Å². The molecule has 0 aromatic heterocycles. The van der Waals surface area contributed by atoms with Crippen LogP contribution in [0.25, 0.3) is 0 Å². The lowest BCUT2D eigenvalue weighted by atomic mass is 10.2. The second kappa shape index (κ2) is 5.76. The molecule has 0 fully saturated rings. The predicted molar refractivity (Wildman–Crippen MR) is 82.9 cm³/mol. The average molecular weight is 321 g/mol. The number of nitriles is 1. The monoisotopic (exact) mass is 320 g/mol. The highest BCUT2D eigenvalue weighted by atomic mass is 35.5. The average Bonchev–Trinajstić information content (AvgIpc) is 2.46. The summed E-state index contributed by atoms with van der Waals surface area (Å²) in [4.78, 5) is -0.0766. The van der Waals surface area contributed by atoms with E-state index in [-0.39, 0.29) is 15.5 Å². The van der Waals surface area contributed by atoms with Crippen molar-refractivity contribution >= 4 is 27.3 Å². The minimum absolute atomic E-state index is 0.0766. The van der Waals surface area contributed by atoms with Gasteiger partial charge in [0.05, 0.1) is 22.3 Å². The van der Waals surface area contributed by atoms with E-state index >= 15 is 0 Å². The SMILES string of the molecule is Cc1cccc(N(C)S(=O)(=O)c2cc(C#N)ccc2Cl)c1. The number of anilines is 1. The van der Waals surface area contributed by atoms with Crippen LogP contribution in [-0.4, -0.2) is 15.5 Å². The molecule has 6 heteroatoms. The minimum Gasteiger partial charge on any atom is -0.269 e. The van der Waals surface area contributed by atoms with Crippen molar-refractivity contribution in [2.45, 2.75) is 11.8 Å². The molecule has 2 aromatic carbocycles. The topological polar surface area (TPSA) is 61.2 Å². The van der Waals surface area contributed by atoms with Crippen molar-refractivity contribution in [3.63, 3.8) is 0 Å². The number of halogens is 1. The molecular formula is C15H13ClN2O2S. The molecule has 21 heavy (non-hydrogen) atoms. The third-order valence-electron chi connectivity index (χ3n) is 3.06. The largest absolute Gasteiger partial charge is 0.269 e. The summed E-state index contributed by atoms with van der Waals surface area (Å²) in [6, 6.07) is 13.2. The number of sulfonamides is 1. The molecule has 0 unspecified atom stereocenters. The van der Waals surface area contributed by atoms with E-state index in [1.165, 1.54) is 25.2 Å². The molecule has 0 amide bonds. The van der Waals surface area contributed by atoms with Crippen LogP contribution in [0.15, 0.2) is 47.4 Å². The molecule has 0 heterocycles. The number of benzene rings is 2. The van der Waals surface area contributed by atoms with E-state index in [4.69, 9.17) is 16.9 Å². The lowest BCUT2D eigenvalue weighted by Crippen LogP contribution is -2.27. The second-order valence-corrected chi connectivity index (χ2v) is 6.91. The van der Waals surface area contributed by atoms with Crippen LogP contribution in [0.3, 0.4) is 0 Å². The van der Waals surface area contributed by atoms with Crippen LogP contribution in [0.2, 0.25) is 5.02 Å².